The van der Waals surface area contributed by atoms with Crippen LogP contribution in [0, 0.1) is 17.7 Å². The smallest absolute Gasteiger partial charge is 0.272 e. The summed E-state index contributed by atoms with van der Waals surface area (Å²) < 4.78 is 14.6. The Hall–Kier alpha value is -3.02. The van der Waals surface area contributed by atoms with Gasteiger partial charge in [0.1, 0.15) is 5.82 Å². The molecule has 1 aliphatic heterocycles. The van der Waals surface area contributed by atoms with Crippen LogP contribution in [0.4, 0.5) is 4.39 Å². The molecule has 1 amide bonds. The normalized spacial score (nSPS) is 21.0. The zero-order valence-electron chi connectivity index (χ0n) is 16.7. The van der Waals surface area contributed by atoms with Crippen LogP contribution >= 0.6 is 0 Å². The van der Waals surface area contributed by atoms with E-state index in [1.54, 1.807) is 18.2 Å². The van der Waals surface area contributed by atoms with E-state index in [1.807, 2.05) is 23.1 Å². The molecule has 5 rings (SSSR count). The molecule has 3 aromatic rings. The van der Waals surface area contributed by atoms with Gasteiger partial charge in [-0.15, -0.1) is 0 Å². The van der Waals surface area contributed by atoms with Crippen molar-refractivity contribution in [2.45, 2.75) is 32.1 Å². The number of fused-ring (bicyclic) bond motifs is 2. The molecule has 2 aromatic carbocycles. The van der Waals surface area contributed by atoms with Gasteiger partial charge in [0.05, 0.1) is 16.6 Å². The Kier molecular flexibility index (Phi) is 4.85. The van der Waals surface area contributed by atoms with Crippen molar-refractivity contribution in [3.63, 3.8) is 0 Å². The lowest BCUT2D eigenvalue weighted by molar-refractivity contribution is 0.0779. The van der Waals surface area contributed by atoms with Gasteiger partial charge in [-0.2, -0.15) is 5.10 Å². The Bertz CT molecular complexity index is 1160. The summed E-state index contributed by atoms with van der Waals surface area (Å²) in [4.78, 5) is 26.9. The molecule has 2 heterocycles. The monoisotopic (exact) mass is 405 g/mol. The number of nitrogens with zero attached hydrogens (tertiary/aromatic N) is 2. The lowest BCUT2D eigenvalue weighted by atomic mass is 9.82. The number of aromatic amines is 1. The maximum Gasteiger partial charge on any atom is 0.272 e. The Labute approximate surface area is 173 Å². The lowest BCUT2D eigenvalue weighted by Gasteiger charge is -2.22. The molecule has 0 radical (unpaired) electrons. The molecule has 1 aliphatic carbocycles. The maximum atomic E-state index is 14.6. The van der Waals surface area contributed by atoms with E-state index in [2.05, 4.69) is 10.2 Å². The fraction of sp³-hybridized carbons (Fsp3) is 0.375. The van der Waals surface area contributed by atoms with E-state index in [9.17, 15) is 14.0 Å². The predicted octanol–water partition coefficient (Wildman–Crippen LogP) is 3.92. The molecule has 2 unspecified atom stereocenters. The summed E-state index contributed by atoms with van der Waals surface area (Å²) in [5.41, 5.74) is 1.38. The van der Waals surface area contributed by atoms with Gasteiger partial charge >= 0.3 is 0 Å². The Morgan fingerprint density at radius 1 is 1.07 bits per heavy atom. The van der Waals surface area contributed by atoms with Gasteiger partial charge in [0.25, 0.3) is 11.5 Å². The molecule has 154 valence electrons. The van der Waals surface area contributed by atoms with Gasteiger partial charge in [0, 0.05) is 24.9 Å². The van der Waals surface area contributed by atoms with Crippen molar-refractivity contribution in [3.05, 3.63) is 75.5 Å². The van der Waals surface area contributed by atoms with Crippen molar-refractivity contribution >= 4 is 16.7 Å². The molecule has 30 heavy (non-hydrogen) atoms. The molecule has 5 nitrogen and oxygen atoms in total. The highest BCUT2D eigenvalue weighted by Gasteiger charge is 2.37. The van der Waals surface area contributed by atoms with Crippen LogP contribution in [0.2, 0.25) is 0 Å². The van der Waals surface area contributed by atoms with E-state index < -0.39 is 5.82 Å². The van der Waals surface area contributed by atoms with Crippen molar-refractivity contribution in [1.82, 2.24) is 15.1 Å². The van der Waals surface area contributed by atoms with Crippen molar-refractivity contribution in [2.75, 3.05) is 13.1 Å². The Morgan fingerprint density at radius 2 is 1.77 bits per heavy atom. The summed E-state index contributed by atoms with van der Waals surface area (Å²) in [7, 11) is 0. The molecule has 0 spiro atoms. The summed E-state index contributed by atoms with van der Waals surface area (Å²) in [5.74, 6) is 0.414. The summed E-state index contributed by atoms with van der Waals surface area (Å²) >= 11 is 0. The number of benzene rings is 2. The zero-order valence-corrected chi connectivity index (χ0v) is 16.7. The number of carbonyl (C=O) groups excluding carboxylic acids is 1. The van der Waals surface area contributed by atoms with Crippen LogP contribution in [-0.4, -0.2) is 34.1 Å². The number of aromatic nitrogens is 2. The summed E-state index contributed by atoms with van der Waals surface area (Å²) in [6.07, 6.45) is 5.20. The lowest BCUT2D eigenvalue weighted by Crippen LogP contribution is -2.29. The molecule has 2 fully saturated rings. The average Bonchev–Trinajstić information content (AvgIpc) is 3.21. The number of likely N-dealkylation sites (tertiary alicyclic amines) is 1. The zero-order chi connectivity index (χ0) is 20.7. The van der Waals surface area contributed by atoms with Crippen LogP contribution in [0.25, 0.3) is 10.8 Å². The third-order valence-corrected chi connectivity index (χ3v) is 6.67. The van der Waals surface area contributed by atoms with E-state index in [4.69, 9.17) is 0 Å². The predicted molar refractivity (Wildman–Crippen MR) is 113 cm³/mol. The van der Waals surface area contributed by atoms with Crippen molar-refractivity contribution in [2.24, 2.45) is 11.8 Å². The van der Waals surface area contributed by atoms with Crippen LogP contribution in [-0.2, 0) is 6.42 Å². The minimum atomic E-state index is -0.488. The van der Waals surface area contributed by atoms with E-state index in [0.29, 0.717) is 29.3 Å². The van der Waals surface area contributed by atoms with E-state index in [0.717, 1.165) is 24.0 Å². The molecule has 0 bridgehead atoms. The number of amides is 1. The molecule has 2 atom stereocenters. The average molecular weight is 405 g/mol. The molecular formula is C24H24FN3O2. The van der Waals surface area contributed by atoms with Gasteiger partial charge in [-0.1, -0.05) is 37.1 Å². The van der Waals surface area contributed by atoms with E-state index in [-0.39, 0.29) is 17.0 Å². The summed E-state index contributed by atoms with van der Waals surface area (Å²) in [5, 5.41) is 8.06. The number of carbonyl (C=O) groups is 1. The molecule has 1 saturated heterocycles. The minimum absolute atomic E-state index is 0.125. The van der Waals surface area contributed by atoms with Crippen LogP contribution in [0.1, 0.15) is 47.3 Å². The number of hydrogen-bond acceptors (Lipinski definition) is 3. The Morgan fingerprint density at radius 3 is 2.50 bits per heavy atom. The number of hydrogen-bond donors (Lipinski definition) is 1. The van der Waals surface area contributed by atoms with Gasteiger partial charge in [-0.05, 0) is 48.4 Å². The first-order chi connectivity index (χ1) is 14.6. The topological polar surface area (TPSA) is 66.1 Å². The van der Waals surface area contributed by atoms with Gasteiger partial charge in [-0.3, -0.25) is 9.59 Å². The second kappa shape index (κ2) is 7.67. The third kappa shape index (κ3) is 3.40. The van der Waals surface area contributed by atoms with Crippen LogP contribution in [0.15, 0.2) is 47.3 Å². The highest BCUT2D eigenvalue weighted by molar-refractivity contribution is 5.95. The van der Waals surface area contributed by atoms with Gasteiger partial charge in [0.2, 0.25) is 0 Å². The fourth-order valence-corrected chi connectivity index (χ4v) is 5.09. The molecule has 2 aliphatic rings. The molecule has 6 heteroatoms. The summed E-state index contributed by atoms with van der Waals surface area (Å²) in [6, 6.07) is 12.0. The van der Waals surface area contributed by atoms with Crippen LogP contribution < -0.4 is 5.56 Å². The first-order valence-corrected chi connectivity index (χ1v) is 10.6. The number of rotatable bonds is 3. The third-order valence-electron chi connectivity index (χ3n) is 6.67. The van der Waals surface area contributed by atoms with Crippen molar-refractivity contribution in [1.29, 1.82) is 0 Å². The second-order valence-corrected chi connectivity index (χ2v) is 8.55. The first kappa shape index (κ1) is 19.0. The second-order valence-electron chi connectivity index (χ2n) is 8.55. The number of nitrogens with one attached hydrogen (secondary N) is 1. The Balaban J connectivity index is 1.42. The molecular weight excluding hydrogens is 381 g/mol. The molecule has 1 saturated carbocycles. The van der Waals surface area contributed by atoms with E-state index >= 15 is 0 Å². The van der Waals surface area contributed by atoms with Crippen LogP contribution in [0.5, 0.6) is 0 Å². The van der Waals surface area contributed by atoms with Crippen molar-refractivity contribution < 1.29 is 9.18 Å². The van der Waals surface area contributed by atoms with Crippen molar-refractivity contribution in [3.8, 4) is 0 Å². The minimum Gasteiger partial charge on any atom is -0.338 e. The highest BCUT2D eigenvalue weighted by atomic mass is 19.1. The van der Waals surface area contributed by atoms with Crippen LogP contribution in [0.3, 0.4) is 0 Å². The van der Waals surface area contributed by atoms with Gasteiger partial charge in [-0.25, -0.2) is 9.49 Å². The van der Waals surface area contributed by atoms with Gasteiger partial charge < -0.3 is 4.90 Å². The summed E-state index contributed by atoms with van der Waals surface area (Å²) in [6.45, 7) is 1.47. The first-order valence-electron chi connectivity index (χ1n) is 10.6. The highest BCUT2D eigenvalue weighted by Crippen LogP contribution is 2.36. The maximum absolute atomic E-state index is 14.6. The number of halogens is 1. The molecule has 1 aromatic heterocycles. The molecule has 1 N–H and O–H groups in total. The fourth-order valence-electron chi connectivity index (χ4n) is 5.09. The van der Waals surface area contributed by atoms with E-state index in [1.165, 1.54) is 31.7 Å². The standard InChI is InChI=1S/C24H24FN3O2/c25-21-10-9-15(12-22-18-7-3-4-8-19(18)23(29)27-26-22)11-20(21)24(30)28-13-16-5-1-2-6-17(16)14-28/h3-4,7-11,16-17H,1-2,5-6,12-14H2,(H,27,29). The largest absolute Gasteiger partial charge is 0.338 e. The SMILES string of the molecule is O=C(c1cc(Cc2n[nH]c(=O)c3ccccc23)ccc1F)N1CC2CCCCC2C1. The number of H-pyrrole nitrogens is 1. The quantitative estimate of drug-likeness (QED) is 0.718. The van der Waals surface area contributed by atoms with Gasteiger partial charge in [0.15, 0.2) is 0 Å².